The fraction of sp³-hybridized carbons (Fsp3) is 0.409. The largest absolute Gasteiger partial charge is 0.473 e. The van der Waals surface area contributed by atoms with Crippen LogP contribution in [0.1, 0.15) is 24.8 Å². The third kappa shape index (κ3) is 4.77. The SMILES string of the molecule is O=C(Nc1cc(F)c(Cl)cc1F)NC1CCCNC1Oc1ccccc1[C@@]1(C(F)(F)F)CCO1. The Balaban J connectivity index is 1.50. The molecule has 3 N–H and O–H groups in total. The average molecular weight is 506 g/mol. The number of rotatable bonds is 5. The highest BCUT2D eigenvalue weighted by atomic mass is 35.5. The highest BCUT2D eigenvalue weighted by Gasteiger charge is 2.62. The molecule has 2 unspecified atom stereocenters. The van der Waals surface area contributed by atoms with Crippen LogP contribution in [0.25, 0.3) is 0 Å². The first-order valence-electron chi connectivity index (χ1n) is 10.5. The zero-order valence-electron chi connectivity index (χ0n) is 17.6. The van der Waals surface area contributed by atoms with Gasteiger partial charge in [-0.25, -0.2) is 13.6 Å². The Hall–Kier alpha value is -2.63. The summed E-state index contributed by atoms with van der Waals surface area (Å²) in [5.41, 5.74) is -3.02. The molecule has 2 aromatic rings. The number of halogens is 6. The summed E-state index contributed by atoms with van der Waals surface area (Å²) in [6, 6.07) is 5.68. The molecular formula is C22H21ClF5N3O3. The summed E-state index contributed by atoms with van der Waals surface area (Å²) in [5, 5.41) is 7.41. The second-order valence-corrected chi connectivity index (χ2v) is 8.41. The molecule has 2 fully saturated rings. The molecule has 0 bridgehead atoms. The maximum atomic E-state index is 14.0. The molecule has 4 rings (SSSR count). The number of amides is 2. The molecule has 6 nitrogen and oxygen atoms in total. The Labute approximate surface area is 196 Å². The van der Waals surface area contributed by atoms with Gasteiger partial charge in [0.2, 0.25) is 0 Å². The maximum absolute atomic E-state index is 14.0. The minimum absolute atomic E-state index is 0.0261. The van der Waals surface area contributed by atoms with Crippen LogP contribution >= 0.6 is 11.6 Å². The van der Waals surface area contributed by atoms with E-state index in [4.69, 9.17) is 21.1 Å². The number of carbonyl (C=O) groups is 1. The number of anilines is 1. The Bertz CT molecular complexity index is 1060. The summed E-state index contributed by atoms with van der Waals surface area (Å²) in [6.45, 7) is 0.478. The number of hydrogen-bond donors (Lipinski definition) is 3. The van der Waals surface area contributed by atoms with Crippen molar-refractivity contribution >= 4 is 23.3 Å². The average Bonchev–Trinajstić information content (AvgIpc) is 2.73. The summed E-state index contributed by atoms with van der Waals surface area (Å²) in [4.78, 5) is 12.4. The number of alkyl halides is 3. The number of nitrogens with one attached hydrogen (secondary N) is 3. The zero-order valence-corrected chi connectivity index (χ0v) is 18.4. The van der Waals surface area contributed by atoms with Gasteiger partial charge in [0, 0.05) is 18.1 Å². The van der Waals surface area contributed by atoms with Crippen molar-refractivity contribution in [3.8, 4) is 5.75 Å². The molecule has 2 heterocycles. The Morgan fingerprint density at radius 3 is 2.62 bits per heavy atom. The van der Waals surface area contributed by atoms with Gasteiger partial charge >= 0.3 is 12.2 Å². The van der Waals surface area contributed by atoms with Crippen LogP contribution < -0.4 is 20.7 Å². The normalized spacial score (nSPS) is 24.8. The number of para-hydroxylation sites is 1. The van der Waals surface area contributed by atoms with E-state index in [1.54, 1.807) is 0 Å². The lowest BCUT2D eigenvalue weighted by molar-refractivity contribution is -0.334. The first kappa shape index (κ1) is 24.5. The summed E-state index contributed by atoms with van der Waals surface area (Å²) in [5.74, 6) is -1.87. The van der Waals surface area contributed by atoms with E-state index in [-0.39, 0.29) is 24.3 Å². The second kappa shape index (κ2) is 9.55. The second-order valence-electron chi connectivity index (χ2n) is 8.01. The molecule has 0 spiro atoms. The zero-order chi connectivity index (χ0) is 24.5. The molecule has 0 saturated carbocycles. The van der Waals surface area contributed by atoms with Crippen molar-refractivity contribution < 1.29 is 36.2 Å². The van der Waals surface area contributed by atoms with Crippen LogP contribution in [0.4, 0.5) is 32.4 Å². The summed E-state index contributed by atoms with van der Waals surface area (Å²) < 4.78 is 80.0. The fourth-order valence-electron chi connectivity index (χ4n) is 4.01. The van der Waals surface area contributed by atoms with Crippen LogP contribution in [0.2, 0.25) is 5.02 Å². The smallest absolute Gasteiger partial charge is 0.421 e. The van der Waals surface area contributed by atoms with E-state index in [1.807, 2.05) is 0 Å². The first-order chi connectivity index (χ1) is 16.1. The molecule has 0 aromatic heterocycles. The van der Waals surface area contributed by atoms with Gasteiger partial charge in [0.25, 0.3) is 0 Å². The van der Waals surface area contributed by atoms with Crippen molar-refractivity contribution in [2.45, 2.75) is 43.3 Å². The molecule has 34 heavy (non-hydrogen) atoms. The van der Waals surface area contributed by atoms with Gasteiger partial charge in [-0.3, -0.25) is 5.32 Å². The van der Waals surface area contributed by atoms with E-state index >= 15 is 0 Å². The van der Waals surface area contributed by atoms with Crippen LogP contribution in [0.3, 0.4) is 0 Å². The summed E-state index contributed by atoms with van der Waals surface area (Å²) >= 11 is 5.51. The Kier molecular flexibility index (Phi) is 6.88. The predicted octanol–water partition coefficient (Wildman–Crippen LogP) is 5.07. The van der Waals surface area contributed by atoms with Gasteiger partial charge in [0.05, 0.1) is 23.4 Å². The van der Waals surface area contributed by atoms with E-state index in [9.17, 15) is 26.7 Å². The van der Waals surface area contributed by atoms with E-state index in [0.717, 1.165) is 12.1 Å². The molecule has 12 heteroatoms. The van der Waals surface area contributed by atoms with E-state index in [0.29, 0.717) is 19.4 Å². The van der Waals surface area contributed by atoms with Gasteiger partial charge < -0.3 is 20.1 Å². The monoisotopic (exact) mass is 505 g/mol. The minimum atomic E-state index is -4.64. The van der Waals surface area contributed by atoms with Crippen LogP contribution in [-0.4, -0.2) is 37.6 Å². The Morgan fingerprint density at radius 1 is 1.21 bits per heavy atom. The number of hydrogen-bond acceptors (Lipinski definition) is 4. The molecule has 184 valence electrons. The van der Waals surface area contributed by atoms with Crippen LogP contribution in [0.15, 0.2) is 36.4 Å². The lowest BCUT2D eigenvalue weighted by atomic mass is 9.85. The lowest BCUT2D eigenvalue weighted by Crippen LogP contribution is -2.57. The molecule has 2 amide bonds. The summed E-state index contributed by atoms with van der Waals surface area (Å²) in [7, 11) is 0. The van der Waals surface area contributed by atoms with E-state index in [2.05, 4.69) is 16.0 Å². The third-order valence-corrected chi connectivity index (χ3v) is 6.10. The molecule has 2 aliphatic rings. The molecule has 0 radical (unpaired) electrons. The van der Waals surface area contributed by atoms with Crippen LogP contribution in [0, 0.1) is 11.6 Å². The van der Waals surface area contributed by atoms with Gasteiger partial charge in [0.15, 0.2) is 11.8 Å². The summed E-state index contributed by atoms with van der Waals surface area (Å²) in [6.07, 6.45) is -4.67. The highest BCUT2D eigenvalue weighted by Crippen LogP contribution is 2.52. The van der Waals surface area contributed by atoms with Gasteiger partial charge in [-0.05, 0) is 31.5 Å². The van der Waals surface area contributed by atoms with E-state index < -0.39 is 52.4 Å². The van der Waals surface area contributed by atoms with Gasteiger partial charge in [-0.2, -0.15) is 13.2 Å². The fourth-order valence-corrected chi connectivity index (χ4v) is 4.16. The topological polar surface area (TPSA) is 71.6 Å². The number of urea groups is 1. The quantitative estimate of drug-likeness (QED) is 0.392. The maximum Gasteiger partial charge on any atom is 0.421 e. The Morgan fingerprint density at radius 2 is 1.94 bits per heavy atom. The van der Waals surface area contributed by atoms with Crippen molar-refractivity contribution in [2.75, 3.05) is 18.5 Å². The van der Waals surface area contributed by atoms with Crippen molar-refractivity contribution in [3.63, 3.8) is 0 Å². The molecule has 2 aromatic carbocycles. The molecule has 3 atom stereocenters. The molecule has 2 saturated heterocycles. The van der Waals surface area contributed by atoms with Crippen molar-refractivity contribution in [1.29, 1.82) is 0 Å². The van der Waals surface area contributed by atoms with Crippen molar-refractivity contribution in [3.05, 3.63) is 58.6 Å². The van der Waals surface area contributed by atoms with Gasteiger partial charge in [0.1, 0.15) is 17.4 Å². The number of ether oxygens (including phenoxy) is 2. The predicted molar refractivity (Wildman–Crippen MR) is 114 cm³/mol. The van der Waals surface area contributed by atoms with Crippen molar-refractivity contribution in [2.24, 2.45) is 0 Å². The highest BCUT2D eigenvalue weighted by molar-refractivity contribution is 6.30. The molecule has 2 aliphatic heterocycles. The number of carbonyl (C=O) groups excluding carboxylic acids is 1. The third-order valence-electron chi connectivity index (χ3n) is 5.81. The van der Waals surface area contributed by atoms with Crippen LogP contribution in [-0.2, 0) is 10.3 Å². The number of piperidine rings is 1. The van der Waals surface area contributed by atoms with Gasteiger partial charge in [-0.15, -0.1) is 0 Å². The van der Waals surface area contributed by atoms with Crippen molar-refractivity contribution in [1.82, 2.24) is 10.6 Å². The lowest BCUT2D eigenvalue weighted by Gasteiger charge is -2.44. The first-order valence-corrected chi connectivity index (χ1v) is 10.9. The molecular weight excluding hydrogens is 485 g/mol. The standard InChI is InChI=1S/C22H21ClF5N3O3/c23-13-10-15(25)17(11-14(13)24)31-20(32)30-16-5-3-8-29-19(16)34-18-6-2-1-4-12(18)21(7-9-33-21)22(26,27)28/h1-2,4,6,10-11,16,19,29H,3,5,7-9H2,(H2,30,31,32)/t16?,19?,21-/m1/s1. The van der Waals surface area contributed by atoms with Gasteiger partial charge in [-0.1, -0.05) is 29.8 Å². The van der Waals surface area contributed by atoms with E-state index in [1.165, 1.54) is 24.3 Å². The van der Waals surface area contributed by atoms with Crippen LogP contribution in [0.5, 0.6) is 5.75 Å². The molecule has 0 aliphatic carbocycles. The number of benzene rings is 2. The minimum Gasteiger partial charge on any atom is -0.473 e.